The lowest BCUT2D eigenvalue weighted by molar-refractivity contribution is -0.137. The Kier molecular flexibility index (Phi) is 8.09. The summed E-state index contributed by atoms with van der Waals surface area (Å²) < 4.78 is 45.0. The van der Waals surface area contributed by atoms with Crippen LogP contribution in [0.2, 0.25) is 0 Å². The van der Waals surface area contributed by atoms with E-state index in [0.29, 0.717) is 18.4 Å². The van der Waals surface area contributed by atoms with Gasteiger partial charge in [-0.2, -0.15) is 13.2 Å². The number of methoxy groups -OCH3 is 1. The van der Waals surface area contributed by atoms with Crippen LogP contribution in [0.4, 0.5) is 13.2 Å². The van der Waals surface area contributed by atoms with E-state index in [1.54, 1.807) is 19.2 Å². The van der Waals surface area contributed by atoms with Crippen LogP contribution < -0.4 is 5.32 Å². The molecule has 1 heterocycles. The van der Waals surface area contributed by atoms with Crippen LogP contribution in [-0.2, 0) is 21.1 Å². The molecule has 198 valence electrons. The molecule has 0 aromatic heterocycles. The highest BCUT2D eigenvalue weighted by molar-refractivity contribution is 5.92. The summed E-state index contributed by atoms with van der Waals surface area (Å²) >= 11 is 0. The number of benzene rings is 2. The number of fused-ring (bicyclic) bond motifs is 1. The third-order valence-electron chi connectivity index (χ3n) is 7.71. The second-order valence-corrected chi connectivity index (χ2v) is 9.99. The molecule has 0 spiro atoms. The number of likely N-dealkylation sites (tertiary alicyclic amines) is 1. The Morgan fingerprint density at radius 3 is 2.76 bits per heavy atom. The average molecular weight is 515 g/mol. The fourth-order valence-corrected chi connectivity index (χ4v) is 6.03. The molecule has 1 aliphatic heterocycles. The molecule has 1 amide bonds. The molecule has 1 aliphatic carbocycles. The number of rotatable bonds is 7. The molecule has 4 unspecified atom stereocenters. The summed E-state index contributed by atoms with van der Waals surface area (Å²) in [6.07, 6.45) is 2.12. The Hall–Kier alpha value is -3.10. The van der Waals surface area contributed by atoms with E-state index in [1.807, 2.05) is 18.2 Å². The Morgan fingerprint density at radius 2 is 2.05 bits per heavy atom. The van der Waals surface area contributed by atoms with Crippen molar-refractivity contribution in [1.82, 2.24) is 10.2 Å². The molecule has 2 fully saturated rings. The average Bonchev–Trinajstić information content (AvgIpc) is 2.87. The van der Waals surface area contributed by atoms with E-state index in [4.69, 9.17) is 4.74 Å². The van der Waals surface area contributed by atoms with E-state index in [-0.39, 0.29) is 35.1 Å². The van der Waals surface area contributed by atoms with E-state index in [9.17, 15) is 23.1 Å². The number of hydrogen-bond donors (Lipinski definition) is 2. The van der Waals surface area contributed by atoms with Gasteiger partial charge in [0.05, 0.1) is 11.7 Å². The number of halogens is 3. The van der Waals surface area contributed by atoms with Crippen molar-refractivity contribution >= 4 is 12.0 Å². The first-order chi connectivity index (χ1) is 17.6. The summed E-state index contributed by atoms with van der Waals surface area (Å²) in [6, 6.07) is 12.0. The van der Waals surface area contributed by atoms with E-state index >= 15 is 0 Å². The highest BCUT2D eigenvalue weighted by atomic mass is 19.4. The number of hydrogen-bond acceptors (Lipinski definition) is 4. The van der Waals surface area contributed by atoms with Crippen LogP contribution in [0.3, 0.4) is 0 Å². The first kappa shape index (κ1) is 26.9. The molecule has 2 aliphatic rings. The zero-order valence-corrected chi connectivity index (χ0v) is 20.9. The van der Waals surface area contributed by atoms with Gasteiger partial charge in [0.1, 0.15) is 5.75 Å². The van der Waals surface area contributed by atoms with Gasteiger partial charge in [-0.1, -0.05) is 30.3 Å². The maximum Gasteiger partial charge on any atom is 0.416 e. The number of piperidine rings is 1. The van der Waals surface area contributed by atoms with Crippen LogP contribution in [0.5, 0.6) is 5.75 Å². The summed E-state index contributed by atoms with van der Waals surface area (Å²) in [6.45, 7) is 6.32. The lowest BCUT2D eigenvalue weighted by atomic mass is 9.57. The molecule has 5 nitrogen and oxygen atoms in total. The van der Waals surface area contributed by atoms with Gasteiger partial charge in [-0.05, 0) is 67.3 Å². The van der Waals surface area contributed by atoms with Crippen LogP contribution in [-0.4, -0.2) is 54.8 Å². The third kappa shape index (κ3) is 6.08. The first-order valence-electron chi connectivity index (χ1n) is 12.5. The van der Waals surface area contributed by atoms with Crippen LogP contribution in [0, 0.1) is 5.92 Å². The van der Waals surface area contributed by atoms with Crippen molar-refractivity contribution in [1.29, 1.82) is 0 Å². The van der Waals surface area contributed by atoms with E-state index in [1.165, 1.54) is 24.3 Å². The summed E-state index contributed by atoms with van der Waals surface area (Å²) in [5.41, 5.74) is 0.260. The number of ether oxygens (including phenoxy) is 1. The first-order valence-corrected chi connectivity index (χ1v) is 12.5. The zero-order chi connectivity index (χ0) is 26.6. The molecule has 2 aromatic carbocycles. The number of nitrogens with zero attached hydrogens (tertiary/aromatic N) is 1. The molecule has 2 aromatic rings. The number of phenolic OH excluding ortho intramolecular Hbond substituents is 1. The molecule has 8 heteroatoms. The van der Waals surface area contributed by atoms with Crippen LogP contribution in [0.15, 0.2) is 67.3 Å². The van der Waals surface area contributed by atoms with Gasteiger partial charge < -0.3 is 15.2 Å². The van der Waals surface area contributed by atoms with Gasteiger partial charge in [0.15, 0.2) is 0 Å². The highest BCUT2D eigenvalue weighted by Gasteiger charge is 2.52. The van der Waals surface area contributed by atoms with Crippen molar-refractivity contribution in [3.05, 3.63) is 84.0 Å². The molecular weight excluding hydrogens is 481 g/mol. The van der Waals surface area contributed by atoms with Crippen LogP contribution in [0.25, 0.3) is 6.08 Å². The Bertz CT molecular complexity index is 1150. The fraction of sp³-hybridized carbons (Fsp3) is 0.414. The molecule has 4 rings (SSSR count). The van der Waals surface area contributed by atoms with Crippen molar-refractivity contribution in [2.45, 2.75) is 43.0 Å². The minimum Gasteiger partial charge on any atom is -0.508 e. The number of phenols is 1. The number of nitrogens with one attached hydrogen (secondary N) is 1. The fourth-order valence-electron chi connectivity index (χ4n) is 6.03. The van der Waals surface area contributed by atoms with Crippen LogP contribution >= 0.6 is 0 Å². The number of aromatic hydroxyl groups is 1. The van der Waals surface area contributed by atoms with E-state index < -0.39 is 11.7 Å². The third-order valence-corrected chi connectivity index (χ3v) is 7.71. The second kappa shape index (κ2) is 11.1. The van der Waals surface area contributed by atoms with Crippen molar-refractivity contribution in [3.63, 3.8) is 0 Å². The number of alkyl halides is 3. The van der Waals surface area contributed by atoms with Gasteiger partial charge in [-0.15, -0.1) is 6.58 Å². The van der Waals surface area contributed by atoms with Gasteiger partial charge in [0.25, 0.3) is 0 Å². The Morgan fingerprint density at radius 1 is 1.27 bits per heavy atom. The second-order valence-electron chi connectivity index (χ2n) is 9.99. The van der Waals surface area contributed by atoms with Crippen molar-refractivity contribution in [2.75, 3.05) is 26.7 Å². The van der Waals surface area contributed by atoms with E-state index in [2.05, 4.69) is 16.8 Å². The lowest BCUT2D eigenvalue weighted by Crippen LogP contribution is -2.61. The molecular formula is C29H33F3N2O3. The maximum atomic E-state index is 13.0. The van der Waals surface area contributed by atoms with Crippen molar-refractivity contribution < 1.29 is 27.8 Å². The number of amides is 1. The molecule has 2 N–H and O–H groups in total. The summed E-state index contributed by atoms with van der Waals surface area (Å²) in [7, 11) is 1.68. The van der Waals surface area contributed by atoms with E-state index in [0.717, 1.165) is 43.8 Å². The minimum absolute atomic E-state index is 0.124. The summed E-state index contributed by atoms with van der Waals surface area (Å²) in [5.74, 6) is -0.0176. The van der Waals surface area contributed by atoms with Gasteiger partial charge >= 0.3 is 6.18 Å². The Labute approximate surface area is 215 Å². The predicted octanol–water partition coefficient (Wildman–Crippen LogP) is 5.16. The topological polar surface area (TPSA) is 61.8 Å². The molecule has 4 atom stereocenters. The molecule has 1 saturated heterocycles. The monoisotopic (exact) mass is 514 g/mol. The molecule has 37 heavy (non-hydrogen) atoms. The van der Waals surface area contributed by atoms with Gasteiger partial charge in [0, 0.05) is 43.7 Å². The minimum atomic E-state index is -4.44. The molecule has 0 bridgehead atoms. The van der Waals surface area contributed by atoms with Crippen LogP contribution in [0.1, 0.15) is 36.0 Å². The normalized spacial score (nSPS) is 26.5. The predicted molar refractivity (Wildman–Crippen MR) is 137 cm³/mol. The smallest absolute Gasteiger partial charge is 0.416 e. The van der Waals surface area contributed by atoms with Crippen molar-refractivity contribution in [3.8, 4) is 5.75 Å². The van der Waals surface area contributed by atoms with Gasteiger partial charge in [0.2, 0.25) is 5.91 Å². The summed E-state index contributed by atoms with van der Waals surface area (Å²) in [4.78, 5) is 15.2. The standard InChI is InChI=1S/C29H33F3N2O3/c1-3-13-34-14-12-28(21-7-5-9-24(35)16-21)18-23(17-26(37-2)25(28)19-34)33-27(36)11-10-20-6-4-8-22(15-20)29(30,31)32/h3-11,15-16,23,25-26,35H,1,12-14,17-19H2,2H3,(H,33,36)/b11-10+. The number of carbonyl (C=O) groups is 1. The largest absolute Gasteiger partial charge is 0.508 e. The molecule has 1 saturated carbocycles. The SMILES string of the molecule is C=CCN1CCC2(c3cccc(O)c3)CC(NC(=O)/C=C/c3cccc(C(F)(F)F)c3)CC(OC)C2C1. The van der Waals surface area contributed by atoms with Gasteiger partial charge in [-0.3, -0.25) is 9.69 Å². The molecule has 0 radical (unpaired) electrons. The summed E-state index contributed by atoms with van der Waals surface area (Å²) in [5, 5.41) is 13.3. The van der Waals surface area contributed by atoms with Gasteiger partial charge in [-0.25, -0.2) is 0 Å². The quantitative estimate of drug-likeness (QED) is 0.396. The lowest BCUT2D eigenvalue weighted by Gasteiger charge is -2.55. The zero-order valence-electron chi connectivity index (χ0n) is 20.9. The Balaban J connectivity index is 1.56. The highest BCUT2D eigenvalue weighted by Crippen LogP contribution is 2.50. The number of carbonyl (C=O) groups excluding carboxylic acids is 1. The maximum absolute atomic E-state index is 13.0. The van der Waals surface area contributed by atoms with Crippen molar-refractivity contribution in [2.24, 2.45) is 5.92 Å².